The van der Waals surface area contributed by atoms with Gasteiger partial charge >= 0.3 is 0 Å². The standard InChI is InChI=1S/C15H11BrClFN2O.C5H10O2/c1-7(13-11(17)2-3-12(18)14(13)21)10-6-20-15-9(10)4-8(16)5-19-15;1-5(2,3)7-4-6/h2-7,21H,1H3,(H,19,20);4H,1-3H3. The van der Waals surface area contributed by atoms with E-state index in [0.717, 1.165) is 27.1 Å². The van der Waals surface area contributed by atoms with Crippen molar-refractivity contribution in [3.8, 4) is 5.75 Å². The van der Waals surface area contributed by atoms with Crippen LogP contribution < -0.4 is 0 Å². The molecule has 2 N–H and O–H groups in total. The van der Waals surface area contributed by atoms with E-state index in [2.05, 4.69) is 30.6 Å². The molecule has 2 aromatic heterocycles. The number of phenolic OH excluding ortho intramolecular Hbond substituents is 1. The number of pyridine rings is 1. The second-order valence-corrected chi connectivity index (χ2v) is 8.46. The Morgan fingerprint density at radius 2 is 2.07 bits per heavy atom. The summed E-state index contributed by atoms with van der Waals surface area (Å²) in [6, 6.07) is 4.53. The number of halogens is 3. The molecule has 8 heteroatoms. The van der Waals surface area contributed by atoms with E-state index in [1.807, 2.05) is 33.8 Å². The number of hydrogen-bond acceptors (Lipinski definition) is 4. The predicted octanol–water partition coefficient (Wildman–Crippen LogP) is 5.93. The molecule has 150 valence electrons. The highest BCUT2D eigenvalue weighted by Gasteiger charge is 2.22. The number of carbonyl (C=O) groups excluding carboxylic acids is 1. The molecule has 0 saturated heterocycles. The Hall–Kier alpha value is -2.12. The van der Waals surface area contributed by atoms with E-state index in [1.54, 1.807) is 12.4 Å². The number of ether oxygens (including phenoxy) is 1. The van der Waals surface area contributed by atoms with Gasteiger partial charge in [-0.2, -0.15) is 0 Å². The Bertz CT molecular complexity index is 985. The zero-order chi connectivity index (χ0) is 21.1. The molecule has 1 atom stereocenters. The van der Waals surface area contributed by atoms with E-state index in [0.29, 0.717) is 17.1 Å². The number of phenols is 1. The number of nitrogens with zero attached hydrogens (tertiary/aromatic N) is 1. The number of hydrogen-bond donors (Lipinski definition) is 2. The van der Waals surface area contributed by atoms with Crippen LogP contribution in [0.15, 0.2) is 35.1 Å². The van der Waals surface area contributed by atoms with Gasteiger partial charge in [0.1, 0.15) is 11.2 Å². The average Bonchev–Trinajstić information content (AvgIpc) is 3.01. The molecule has 0 spiro atoms. The van der Waals surface area contributed by atoms with E-state index in [1.165, 1.54) is 6.07 Å². The van der Waals surface area contributed by atoms with Crippen LogP contribution in [-0.4, -0.2) is 27.1 Å². The van der Waals surface area contributed by atoms with Crippen LogP contribution in [0.5, 0.6) is 5.75 Å². The molecule has 0 aliphatic carbocycles. The lowest BCUT2D eigenvalue weighted by atomic mass is 9.92. The Morgan fingerprint density at radius 1 is 1.39 bits per heavy atom. The lowest BCUT2D eigenvalue weighted by Gasteiger charge is -2.15. The minimum absolute atomic E-state index is 0.280. The van der Waals surface area contributed by atoms with E-state index >= 15 is 0 Å². The molecule has 0 aliphatic rings. The summed E-state index contributed by atoms with van der Waals surface area (Å²) < 4.78 is 19.0. The van der Waals surface area contributed by atoms with Gasteiger partial charge in [-0.3, -0.25) is 4.79 Å². The van der Waals surface area contributed by atoms with Gasteiger partial charge in [0, 0.05) is 38.8 Å². The van der Waals surface area contributed by atoms with Crippen molar-refractivity contribution in [1.82, 2.24) is 9.97 Å². The van der Waals surface area contributed by atoms with E-state index < -0.39 is 11.6 Å². The van der Waals surface area contributed by atoms with Gasteiger partial charge in [-0.05, 0) is 60.5 Å². The van der Waals surface area contributed by atoms with Crippen LogP contribution in [0.4, 0.5) is 4.39 Å². The molecule has 28 heavy (non-hydrogen) atoms. The van der Waals surface area contributed by atoms with Crippen molar-refractivity contribution in [1.29, 1.82) is 0 Å². The Morgan fingerprint density at radius 3 is 2.64 bits per heavy atom. The van der Waals surface area contributed by atoms with Gasteiger partial charge in [0.15, 0.2) is 11.6 Å². The van der Waals surface area contributed by atoms with Crippen LogP contribution >= 0.6 is 27.5 Å². The van der Waals surface area contributed by atoms with Crippen molar-refractivity contribution in [3.63, 3.8) is 0 Å². The summed E-state index contributed by atoms with van der Waals surface area (Å²) in [5.41, 5.74) is 1.67. The van der Waals surface area contributed by atoms with Crippen LogP contribution in [0.1, 0.15) is 44.7 Å². The highest BCUT2D eigenvalue weighted by atomic mass is 79.9. The molecule has 1 aromatic carbocycles. The number of aromatic hydroxyl groups is 1. The molecular formula is C20H21BrClFN2O3. The summed E-state index contributed by atoms with van der Waals surface area (Å²) in [5, 5.41) is 11.2. The monoisotopic (exact) mass is 470 g/mol. The van der Waals surface area contributed by atoms with Crippen LogP contribution in [-0.2, 0) is 9.53 Å². The minimum Gasteiger partial charge on any atom is -0.505 e. The number of H-pyrrole nitrogens is 1. The zero-order valence-electron chi connectivity index (χ0n) is 15.9. The van der Waals surface area contributed by atoms with Crippen molar-refractivity contribution in [3.05, 3.63) is 57.0 Å². The van der Waals surface area contributed by atoms with Crippen molar-refractivity contribution in [2.24, 2.45) is 0 Å². The summed E-state index contributed by atoms with van der Waals surface area (Å²) in [6.45, 7) is 7.79. The van der Waals surface area contributed by atoms with E-state index in [9.17, 15) is 14.3 Å². The summed E-state index contributed by atoms with van der Waals surface area (Å²) >= 11 is 9.52. The van der Waals surface area contributed by atoms with Crippen molar-refractivity contribution < 1.29 is 19.0 Å². The fourth-order valence-corrected chi connectivity index (χ4v) is 3.27. The third kappa shape index (κ3) is 5.23. The molecule has 0 fully saturated rings. The predicted molar refractivity (Wildman–Crippen MR) is 111 cm³/mol. The summed E-state index contributed by atoms with van der Waals surface area (Å²) in [4.78, 5) is 16.9. The second-order valence-electron chi connectivity index (χ2n) is 7.13. The maximum atomic E-state index is 13.6. The molecule has 1 unspecified atom stereocenters. The molecular weight excluding hydrogens is 451 g/mol. The van der Waals surface area contributed by atoms with Crippen molar-refractivity contribution in [2.45, 2.75) is 39.2 Å². The zero-order valence-corrected chi connectivity index (χ0v) is 18.2. The smallest absolute Gasteiger partial charge is 0.293 e. The molecule has 0 aliphatic heterocycles. The molecule has 3 rings (SSSR count). The van der Waals surface area contributed by atoms with Gasteiger partial charge in [0.25, 0.3) is 6.47 Å². The number of rotatable bonds is 3. The van der Waals surface area contributed by atoms with Gasteiger partial charge in [-0.1, -0.05) is 18.5 Å². The fraction of sp³-hybridized carbons (Fsp3) is 0.300. The Labute approximate surface area is 176 Å². The Kier molecular flexibility index (Phi) is 7.06. The first-order valence-corrected chi connectivity index (χ1v) is 9.63. The van der Waals surface area contributed by atoms with Gasteiger partial charge in [-0.25, -0.2) is 9.37 Å². The third-order valence-electron chi connectivity index (χ3n) is 3.95. The molecule has 0 radical (unpaired) electrons. The number of aromatic nitrogens is 2. The average molecular weight is 472 g/mol. The van der Waals surface area contributed by atoms with Crippen molar-refractivity contribution in [2.75, 3.05) is 0 Å². The fourth-order valence-electron chi connectivity index (χ4n) is 2.63. The quantitative estimate of drug-likeness (QED) is 0.464. The second kappa shape index (κ2) is 8.92. The highest BCUT2D eigenvalue weighted by Crippen LogP contribution is 2.40. The van der Waals surface area contributed by atoms with Crippen LogP contribution in [0, 0.1) is 5.82 Å². The van der Waals surface area contributed by atoms with Gasteiger partial charge < -0.3 is 14.8 Å². The van der Waals surface area contributed by atoms with Gasteiger partial charge in [0.2, 0.25) is 0 Å². The number of aromatic amines is 1. The van der Waals surface area contributed by atoms with Crippen LogP contribution in [0.2, 0.25) is 5.02 Å². The Balaban J connectivity index is 0.000000345. The maximum absolute atomic E-state index is 13.6. The largest absolute Gasteiger partial charge is 0.505 e. The molecule has 5 nitrogen and oxygen atoms in total. The minimum atomic E-state index is -0.680. The first kappa shape index (κ1) is 22.2. The summed E-state index contributed by atoms with van der Waals surface area (Å²) in [7, 11) is 0. The number of fused-ring (bicyclic) bond motifs is 1. The normalized spacial score (nSPS) is 12.2. The number of nitrogens with one attached hydrogen (secondary N) is 1. The maximum Gasteiger partial charge on any atom is 0.293 e. The third-order valence-corrected chi connectivity index (χ3v) is 4.71. The number of benzene rings is 1. The first-order valence-electron chi connectivity index (χ1n) is 8.46. The molecule has 0 saturated carbocycles. The van der Waals surface area contributed by atoms with Crippen LogP contribution in [0.25, 0.3) is 11.0 Å². The first-order chi connectivity index (χ1) is 13.0. The summed E-state index contributed by atoms with van der Waals surface area (Å²) in [5.74, 6) is -1.37. The topological polar surface area (TPSA) is 75.2 Å². The molecule has 0 amide bonds. The number of carbonyl (C=O) groups is 1. The van der Waals surface area contributed by atoms with Gasteiger partial charge in [-0.15, -0.1) is 0 Å². The molecule has 2 heterocycles. The summed E-state index contributed by atoms with van der Waals surface area (Å²) in [6.07, 6.45) is 3.50. The lowest BCUT2D eigenvalue weighted by molar-refractivity contribution is -0.138. The SMILES string of the molecule is CC(C)(C)OC=O.CC(c1c(Cl)ccc(F)c1O)c1c[nH]c2ncc(Br)cc12. The van der Waals surface area contributed by atoms with E-state index in [4.69, 9.17) is 11.6 Å². The lowest BCUT2D eigenvalue weighted by Crippen LogP contribution is -2.17. The highest BCUT2D eigenvalue weighted by molar-refractivity contribution is 9.10. The van der Waals surface area contributed by atoms with E-state index in [-0.39, 0.29) is 11.5 Å². The van der Waals surface area contributed by atoms with Gasteiger partial charge in [0.05, 0.1) is 0 Å². The van der Waals surface area contributed by atoms with Crippen molar-refractivity contribution >= 4 is 45.0 Å². The van der Waals surface area contributed by atoms with Crippen LogP contribution in [0.3, 0.4) is 0 Å². The molecule has 0 bridgehead atoms. The molecule has 3 aromatic rings.